The van der Waals surface area contributed by atoms with Crippen LogP contribution in [0.15, 0.2) is 24.3 Å². The molecule has 3 amide bonds. The number of nitrogens with one attached hydrogen (secondary N) is 3. The predicted molar refractivity (Wildman–Crippen MR) is 130 cm³/mol. The van der Waals surface area contributed by atoms with Gasteiger partial charge in [-0.3, -0.25) is 19.2 Å². The topological polar surface area (TPSA) is 208 Å². The molecule has 4 unspecified atom stereocenters. The number of carbonyl (C=O) groups is 5. The van der Waals surface area contributed by atoms with Crippen LogP contribution in [0.4, 0.5) is 0 Å². The van der Waals surface area contributed by atoms with Crippen LogP contribution in [-0.2, 0) is 30.4 Å². The van der Waals surface area contributed by atoms with E-state index in [1.54, 1.807) is 27.7 Å². The van der Waals surface area contributed by atoms with Crippen molar-refractivity contribution < 1.29 is 39.3 Å². The molecule has 12 nitrogen and oxygen atoms in total. The van der Waals surface area contributed by atoms with E-state index in [9.17, 15) is 34.2 Å². The van der Waals surface area contributed by atoms with Crippen LogP contribution in [0.25, 0.3) is 0 Å². The van der Waals surface area contributed by atoms with Gasteiger partial charge in [0.1, 0.15) is 23.9 Å². The number of aromatic hydroxyl groups is 1. The maximum absolute atomic E-state index is 13.1. The number of carboxylic acid groups (broad SMARTS) is 2. The van der Waals surface area contributed by atoms with Crippen molar-refractivity contribution in [1.82, 2.24) is 16.0 Å². The van der Waals surface area contributed by atoms with Crippen LogP contribution in [0.3, 0.4) is 0 Å². The minimum absolute atomic E-state index is 0.00697. The summed E-state index contributed by atoms with van der Waals surface area (Å²) < 4.78 is 0. The lowest BCUT2D eigenvalue weighted by molar-refractivity contribution is -0.143. The van der Waals surface area contributed by atoms with E-state index < -0.39 is 60.2 Å². The molecule has 0 aliphatic rings. The average molecular weight is 509 g/mol. The van der Waals surface area contributed by atoms with Crippen molar-refractivity contribution in [2.45, 2.75) is 71.1 Å². The number of phenolic OH excluding ortho intramolecular Hbond substituents is 1. The van der Waals surface area contributed by atoms with Crippen LogP contribution in [-0.4, -0.2) is 69.1 Å². The van der Waals surface area contributed by atoms with Gasteiger partial charge in [-0.2, -0.15) is 0 Å². The Morgan fingerprint density at radius 1 is 0.806 bits per heavy atom. The monoisotopic (exact) mass is 508 g/mol. The maximum Gasteiger partial charge on any atom is 0.326 e. The molecule has 12 heteroatoms. The number of aliphatic carboxylic acids is 2. The van der Waals surface area contributed by atoms with E-state index in [4.69, 9.17) is 10.8 Å². The van der Waals surface area contributed by atoms with E-state index in [0.29, 0.717) is 5.56 Å². The molecule has 200 valence electrons. The summed E-state index contributed by atoms with van der Waals surface area (Å²) in [5, 5.41) is 35.2. The lowest BCUT2D eigenvalue weighted by atomic mass is 9.99. The second-order valence-corrected chi connectivity index (χ2v) is 9.26. The van der Waals surface area contributed by atoms with Crippen molar-refractivity contribution in [3.05, 3.63) is 29.8 Å². The van der Waals surface area contributed by atoms with E-state index in [-0.39, 0.29) is 30.4 Å². The van der Waals surface area contributed by atoms with Crippen molar-refractivity contribution in [3.8, 4) is 5.75 Å². The number of hydrogen-bond acceptors (Lipinski definition) is 7. The van der Waals surface area contributed by atoms with E-state index in [2.05, 4.69) is 16.0 Å². The van der Waals surface area contributed by atoms with Gasteiger partial charge in [-0.15, -0.1) is 0 Å². The molecule has 0 saturated carbocycles. The molecule has 0 fully saturated rings. The summed E-state index contributed by atoms with van der Waals surface area (Å²) in [7, 11) is 0. The summed E-state index contributed by atoms with van der Waals surface area (Å²) in [5.41, 5.74) is 6.43. The minimum atomic E-state index is -1.49. The summed E-state index contributed by atoms with van der Waals surface area (Å²) >= 11 is 0. The third-order valence-corrected chi connectivity index (χ3v) is 5.54. The number of carbonyl (C=O) groups excluding carboxylic acids is 3. The SMILES string of the molecule is CC(C)C(N)C(=O)NC(C(=O)NC(Cc1ccc(O)cc1)C(=O)NC(CCC(=O)O)C(=O)O)C(C)C. The molecule has 0 saturated heterocycles. The molecule has 8 N–H and O–H groups in total. The molecule has 0 heterocycles. The largest absolute Gasteiger partial charge is 0.508 e. The number of benzene rings is 1. The molecule has 36 heavy (non-hydrogen) atoms. The normalized spacial score (nSPS) is 14.4. The fraction of sp³-hybridized carbons (Fsp3) is 0.542. The number of hydrogen-bond donors (Lipinski definition) is 7. The third kappa shape index (κ3) is 9.90. The van der Waals surface area contributed by atoms with Crippen LogP contribution in [0.1, 0.15) is 46.1 Å². The van der Waals surface area contributed by atoms with Crippen molar-refractivity contribution in [1.29, 1.82) is 0 Å². The lowest BCUT2D eigenvalue weighted by Crippen LogP contribution is -2.59. The molecule has 1 aromatic carbocycles. The summed E-state index contributed by atoms with van der Waals surface area (Å²) in [5.74, 6) is -5.24. The van der Waals surface area contributed by atoms with Gasteiger partial charge in [0.15, 0.2) is 0 Å². The van der Waals surface area contributed by atoms with Gasteiger partial charge in [0, 0.05) is 12.8 Å². The fourth-order valence-corrected chi connectivity index (χ4v) is 3.22. The van der Waals surface area contributed by atoms with Gasteiger partial charge in [0.05, 0.1) is 6.04 Å². The Labute approximate surface area is 209 Å². The zero-order valence-electron chi connectivity index (χ0n) is 20.9. The third-order valence-electron chi connectivity index (χ3n) is 5.54. The van der Waals surface area contributed by atoms with Crippen molar-refractivity contribution in [3.63, 3.8) is 0 Å². The highest BCUT2D eigenvalue weighted by Gasteiger charge is 2.32. The molecular formula is C24H36N4O8. The number of nitrogens with two attached hydrogens (primary N) is 1. The highest BCUT2D eigenvalue weighted by atomic mass is 16.4. The number of phenols is 1. The Morgan fingerprint density at radius 3 is 1.83 bits per heavy atom. The van der Waals surface area contributed by atoms with Crippen molar-refractivity contribution in [2.24, 2.45) is 17.6 Å². The predicted octanol–water partition coefficient (Wildman–Crippen LogP) is -0.0222. The van der Waals surface area contributed by atoms with Crippen molar-refractivity contribution >= 4 is 29.7 Å². The van der Waals surface area contributed by atoms with E-state index in [1.807, 2.05) is 0 Å². The highest BCUT2D eigenvalue weighted by Crippen LogP contribution is 2.13. The molecule has 0 bridgehead atoms. The standard InChI is InChI=1S/C24H36N4O8/c1-12(2)19(25)22(33)28-20(13(3)4)23(34)27-17(11-14-5-7-15(29)8-6-14)21(32)26-16(24(35)36)9-10-18(30)31/h5-8,12-13,16-17,19-20,29H,9-11,25H2,1-4H3,(H,26,32)(H,27,34)(H,28,33)(H,30,31)(H,35,36). The number of carboxylic acids is 2. The fourth-order valence-electron chi connectivity index (χ4n) is 3.22. The first-order valence-corrected chi connectivity index (χ1v) is 11.6. The average Bonchev–Trinajstić information content (AvgIpc) is 2.79. The van der Waals surface area contributed by atoms with E-state index >= 15 is 0 Å². The molecule has 0 aromatic heterocycles. The lowest BCUT2D eigenvalue weighted by Gasteiger charge is -2.27. The highest BCUT2D eigenvalue weighted by molar-refractivity contribution is 5.94. The van der Waals surface area contributed by atoms with Crippen LogP contribution in [0.5, 0.6) is 5.75 Å². The second-order valence-electron chi connectivity index (χ2n) is 9.26. The zero-order valence-corrected chi connectivity index (χ0v) is 20.9. The molecule has 0 aliphatic carbocycles. The van der Waals surface area contributed by atoms with E-state index in [0.717, 1.165) is 0 Å². The van der Waals surface area contributed by atoms with Crippen LogP contribution >= 0.6 is 0 Å². The maximum atomic E-state index is 13.1. The number of rotatable bonds is 14. The Hall–Kier alpha value is -3.67. The summed E-state index contributed by atoms with van der Waals surface area (Å²) in [4.78, 5) is 61.0. The first kappa shape index (κ1) is 30.4. The van der Waals surface area contributed by atoms with Gasteiger partial charge >= 0.3 is 11.9 Å². The Bertz CT molecular complexity index is 933. The molecule has 0 radical (unpaired) electrons. The van der Waals surface area contributed by atoms with Gasteiger partial charge in [-0.1, -0.05) is 39.8 Å². The van der Waals surface area contributed by atoms with Gasteiger partial charge in [0.25, 0.3) is 0 Å². The molecule has 1 rings (SSSR count). The van der Waals surface area contributed by atoms with E-state index in [1.165, 1.54) is 24.3 Å². The zero-order chi connectivity index (χ0) is 27.6. The van der Waals surface area contributed by atoms with Crippen LogP contribution < -0.4 is 21.7 Å². The van der Waals surface area contributed by atoms with Crippen LogP contribution in [0.2, 0.25) is 0 Å². The van der Waals surface area contributed by atoms with Gasteiger partial charge in [-0.05, 0) is 36.0 Å². The van der Waals surface area contributed by atoms with Crippen molar-refractivity contribution in [2.75, 3.05) is 0 Å². The Balaban J connectivity index is 3.14. The first-order valence-electron chi connectivity index (χ1n) is 11.6. The second kappa shape index (κ2) is 14.0. The molecule has 4 atom stereocenters. The number of amides is 3. The van der Waals surface area contributed by atoms with Gasteiger partial charge < -0.3 is 37.0 Å². The Kier molecular flexibility index (Phi) is 11.8. The molecular weight excluding hydrogens is 472 g/mol. The van der Waals surface area contributed by atoms with Gasteiger partial charge in [0.2, 0.25) is 17.7 Å². The van der Waals surface area contributed by atoms with Crippen LogP contribution in [0, 0.1) is 11.8 Å². The smallest absolute Gasteiger partial charge is 0.326 e. The van der Waals surface area contributed by atoms with Gasteiger partial charge in [-0.25, -0.2) is 4.79 Å². The molecule has 0 spiro atoms. The summed E-state index contributed by atoms with van der Waals surface area (Å²) in [6.45, 7) is 6.92. The summed E-state index contributed by atoms with van der Waals surface area (Å²) in [6.07, 6.45) is -0.898. The minimum Gasteiger partial charge on any atom is -0.508 e. The Morgan fingerprint density at radius 2 is 1.36 bits per heavy atom. The first-order chi connectivity index (χ1) is 16.7. The molecule has 1 aromatic rings. The quantitative estimate of drug-likeness (QED) is 0.180. The summed E-state index contributed by atoms with van der Waals surface area (Å²) in [6, 6.07) is 1.23. The molecule has 0 aliphatic heterocycles.